The molecule has 0 saturated carbocycles. The first-order chi connectivity index (χ1) is 9.40. The number of phenolic OH excluding ortho intramolecular Hbond substituents is 1. The van der Waals surface area contributed by atoms with Crippen molar-refractivity contribution in [2.75, 3.05) is 6.54 Å². The van der Waals surface area contributed by atoms with Gasteiger partial charge in [0.25, 0.3) is 0 Å². The molecular formula is C16H20FNOS. The molecular weight excluding hydrogens is 273 g/mol. The molecule has 108 valence electrons. The molecule has 2 aromatic rings. The Balaban J connectivity index is 2.03. The molecule has 1 aromatic heterocycles. The van der Waals surface area contributed by atoms with Crippen molar-refractivity contribution in [3.8, 4) is 5.75 Å². The van der Waals surface area contributed by atoms with Gasteiger partial charge in [0.15, 0.2) is 0 Å². The molecule has 0 radical (unpaired) electrons. The molecule has 2 nitrogen and oxygen atoms in total. The van der Waals surface area contributed by atoms with Crippen molar-refractivity contribution in [1.29, 1.82) is 0 Å². The summed E-state index contributed by atoms with van der Waals surface area (Å²) in [5, 5.41) is 15.3. The first-order valence-corrected chi connectivity index (χ1v) is 7.54. The molecule has 20 heavy (non-hydrogen) atoms. The Bertz CT molecular complexity index is 566. The van der Waals surface area contributed by atoms with Crippen LogP contribution in [0.25, 0.3) is 0 Å². The largest absolute Gasteiger partial charge is 0.508 e. The van der Waals surface area contributed by atoms with Crippen LogP contribution in [0.15, 0.2) is 35.7 Å². The lowest BCUT2D eigenvalue weighted by molar-refractivity contribution is 0.418. The highest BCUT2D eigenvalue weighted by Gasteiger charge is 2.23. The number of thiophene rings is 1. The summed E-state index contributed by atoms with van der Waals surface area (Å²) in [7, 11) is 0. The minimum Gasteiger partial charge on any atom is -0.508 e. The van der Waals surface area contributed by atoms with Crippen LogP contribution in [-0.2, 0) is 5.41 Å². The number of phenols is 1. The van der Waals surface area contributed by atoms with Crippen LogP contribution in [-0.4, -0.2) is 11.7 Å². The molecule has 0 aliphatic rings. The van der Waals surface area contributed by atoms with Crippen LogP contribution in [0.2, 0.25) is 0 Å². The smallest absolute Gasteiger partial charge is 0.126 e. The fraction of sp³-hybridized carbons (Fsp3) is 0.375. The monoisotopic (exact) mass is 293 g/mol. The third kappa shape index (κ3) is 3.38. The number of hydrogen-bond acceptors (Lipinski definition) is 3. The van der Waals surface area contributed by atoms with Gasteiger partial charge in [-0.1, -0.05) is 26.0 Å². The highest BCUT2D eigenvalue weighted by molar-refractivity contribution is 7.10. The minimum atomic E-state index is -0.419. The normalized spacial score (nSPS) is 13.4. The van der Waals surface area contributed by atoms with Crippen LogP contribution in [0.5, 0.6) is 5.75 Å². The van der Waals surface area contributed by atoms with Crippen LogP contribution < -0.4 is 5.32 Å². The van der Waals surface area contributed by atoms with Gasteiger partial charge in [-0.3, -0.25) is 0 Å². The molecule has 0 aliphatic carbocycles. The molecule has 0 aliphatic heterocycles. The van der Waals surface area contributed by atoms with E-state index in [1.54, 1.807) is 17.4 Å². The van der Waals surface area contributed by atoms with E-state index in [4.69, 9.17) is 0 Å². The summed E-state index contributed by atoms with van der Waals surface area (Å²) in [6.07, 6.45) is 0. The molecule has 0 spiro atoms. The average molecular weight is 293 g/mol. The average Bonchev–Trinajstić information content (AvgIpc) is 2.90. The standard InChI is InChI=1S/C16H20FNOS/c1-11(13-7-6-12(17)9-14(13)19)18-10-16(2,3)15-5-4-8-20-15/h4-9,11,18-19H,10H2,1-3H3. The molecule has 1 aromatic carbocycles. The summed E-state index contributed by atoms with van der Waals surface area (Å²) in [6.45, 7) is 7.12. The van der Waals surface area contributed by atoms with E-state index in [1.807, 2.05) is 6.92 Å². The van der Waals surface area contributed by atoms with E-state index in [0.717, 1.165) is 12.6 Å². The van der Waals surface area contributed by atoms with Crippen LogP contribution >= 0.6 is 11.3 Å². The van der Waals surface area contributed by atoms with Crippen LogP contribution in [0.3, 0.4) is 0 Å². The Labute approximate surface area is 123 Å². The number of aromatic hydroxyl groups is 1. The van der Waals surface area contributed by atoms with Gasteiger partial charge < -0.3 is 10.4 Å². The fourth-order valence-electron chi connectivity index (χ4n) is 2.15. The van der Waals surface area contributed by atoms with Gasteiger partial charge in [-0.25, -0.2) is 4.39 Å². The molecule has 1 unspecified atom stereocenters. The zero-order chi connectivity index (χ0) is 14.8. The lowest BCUT2D eigenvalue weighted by Gasteiger charge is -2.26. The Morgan fingerprint density at radius 1 is 1.35 bits per heavy atom. The summed E-state index contributed by atoms with van der Waals surface area (Å²) >= 11 is 1.74. The molecule has 2 rings (SSSR count). The third-order valence-electron chi connectivity index (χ3n) is 3.50. The predicted octanol–water partition coefficient (Wildman–Crippen LogP) is 4.22. The van der Waals surface area contributed by atoms with Crippen LogP contribution in [0, 0.1) is 5.82 Å². The van der Waals surface area contributed by atoms with E-state index >= 15 is 0 Å². The molecule has 2 N–H and O–H groups in total. The molecule has 0 amide bonds. The van der Waals surface area contributed by atoms with Gasteiger partial charge in [0, 0.05) is 34.5 Å². The van der Waals surface area contributed by atoms with Crippen molar-refractivity contribution in [2.45, 2.75) is 32.2 Å². The highest BCUT2D eigenvalue weighted by atomic mass is 32.1. The highest BCUT2D eigenvalue weighted by Crippen LogP contribution is 2.29. The van der Waals surface area contributed by atoms with E-state index in [-0.39, 0.29) is 17.2 Å². The number of nitrogens with one attached hydrogen (secondary N) is 1. The lowest BCUT2D eigenvalue weighted by atomic mass is 9.91. The van der Waals surface area contributed by atoms with Gasteiger partial charge in [-0.2, -0.15) is 0 Å². The summed E-state index contributed by atoms with van der Waals surface area (Å²) in [4.78, 5) is 1.32. The maximum atomic E-state index is 13.0. The SMILES string of the molecule is CC(NCC(C)(C)c1cccs1)c1ccc(F)cc1O. The van der Waals surface area contributed by atoms with Gasteiger partial charge >= 0.3 is 0 Å². The van der Waals surface area contributed by atoms with Crippen molar-refractivity contribution in [2.24, 2.45) is 0 Å². The molecule has 4 heteroatoms. The fourth-order valence-corrected chi connectivity index (χ4v) is 3.00. The number of benzene rings is 1. The van der Waals surface area contributed by atoms with E-state index in [9.17, 15) is 9.50 Å². The third-order valence-corrected chi connectivity index (χ3v) is 4.73. The Kier molecular flexibility index (Phi) is 4.45. The minimum absolute atomic E-state index is 0.000991. The molecule has 0 fully saturated rings. The summed E-state index contributed by atoms with van der Waals surface area (Å²) in [6, 6.07) is 8.30. The molecule has 0 bridgehead atoms. The van der Waals surface area contributed by atoms with Crippen molar-refractivity contribution in [1.82, 2.24) is 5.32 Å². The second-order valence-electron chi connectivity index (χ2n) is 5.67. The lowest BCUT2D eigenvalue weighted by Crippen LogP contribution is -2.33. The summed E-state index contributed by atoms with van der Waals surface area (Å²) in [5.41, 5.74) is 0.742. The van der Waals surface area contributed by atoms with Crippen molar-refractivity contribution < 1.29 is 9.50 Å². The van der Waals surface area contributed by atoms with E-state index in [0.29, 0.717) is 5.56 Å². The number of halogens is 1. The predicted molar refractivity (Wildman–Crippen MR) is 81.8 cm³/mol. The van der Waals surface area contributed by atoms with E-state index < -0.39 is 5.82 Å². The second kappa shape index (κ2) is 5.94. The maximum absolute atomic E-state index is 13.0. The van der Waals surface area contributed by atoms with Gasteiger partial charge in [0.1, 0.15) is 11.6 Å². The molecule has 1 atom stereocenters. The van der Waals surface area contributed by atoms with E-state index in [2.05, 4.69) is 36.7 Å². The van der Waals surface area contributed by atoms with Gasteiger partial charge in [-0.05, 0) is 24.4 Å². The topological polar surface area (TPSA) is 32.3 Å². The zero-order valence-corrected chi connectivity index (χ0v) is 12.8. The van der Waals surface area contributed by atoms with Crippen LogP contribution in [0.4, 0.5) is 4.39 Å². The van der Waals surface area contributed by atoms with Gasteiger partial charge in [-0.15, -0.1) is 11.3 Å². The van der Waals surface area contributed by atoms with E-state index in [1.165, 1.54) is 10.9 Å². The van der Waals surface area contributed by atoms with Crippen molar-refractivity contribution in [3.63, 3.8) is 0 Å². The van der Waals surface area contributed by atoms with Crippen LogP contribution in [0.1, 0.15) is 37.3 Å². The maximum Gasteiger partial charge on any atom is 0.126 e. The summed E-state index contributed by atoms with van der Waals surface area (Å²) in [5.74, 6) is -0.420. The first-order valence-electron chi connectivity index (χ1n) is 6.66. The van der Waals surface area contributed by atoms with Gasteiger partial charge in [0.2, 0.25) is 0 Å². The Morgan fingerprint density at radius 3 is 2.70 bits per heavy atom. The second-order valence-corrected chi connectivity index (χ2v) is 6.61. The summed E-state index contributed by atoms with van der Waals surface area (Å²) < 4.78 is 13.0. The Morgan fingerprint density at radius 2 is 2.10 bits per heavy atom. The zero-order valence-electron chi connectivity index (χ0n) is 12.0. The quantitative estimate of drug-likeness (QED) is 0.865. The number of rotatable bonds is 5. The number of hydrogen-bond donors (Lipinski definition) is 2. The van der Waals surface area contributed by atoms with Gasteiger partial charge in [0.05, 0.1) is 0 Å². The first kappa shape index (κ1) is 15.0. The van der Waals surface area contributed by atoms with Crippen molar-refractivity contribution >= 4 is 11.3 Å². The molecule has 0 saturated heterocycles. The Hall–Kier alpha value is -1.39. The molecule has 1 heterocycles. The van der Waals surface area contributed by atoms with Crippen molar-refractivity contribution in [3.05, 3.63) is 52.0 Å².